The fraction of sp³-hybridized carbons (Fsp3) is 0.364. The largest absolute Gasteiger partial charge is 0.496 e. The highest BCUT2D eigenvalue weighted by Gasteiger charge is 2.13. The number of carboxylic acid groups (broad SMARTS) is 1. The van der Waals surface area contributed by atoms with Gasteiger partial charge in [0.15, 0.2) is 0 Å². The van der Waals surface area contributed by atoms with Crippen LogP contribution < -0.4 is 4.74 Å². The molecule has 0 aliphatic heterocycles. The van der Waals surface area contributed by atoms with E-state index in [1.807, 2.05) is 6.92 Å². The lowest BCUT2D eigenvalue weighted by atomic mass is 10.0. The molecule has 0 radical (unpaired) electrons. The lowest BCUT2D eigenvalue weighted by molar-refractivity contribution is -0.139. The number of methoxy groups -OCH3 is 1. The van der Waals surface area contributed by atoms with Crippen molar-refractivity contribution in [2.24, 2.45) is 0 Å². The number of rotatable bonds is 4. The van der Waals surface area contributed by atoms with Crippen LogP contribution in [0.3, 0.4) is 0 Å². The summed E-state index contributed by atoms with van der Waals surface area (Å²) in [5.74, 6) is -0.376. The molecule has 0 saturated heterocycles. The van der Waals surface area contributed by atoms with E-state index < -0.39 is 12.1 Å². The Labute approximate surface area is 88.1 Å². The van der Waals surface area contributed by atoms with Crippen molar-refractivity contribution in [1.82, 2.24) is 0 Å². The van der Waals surface area contributed by atoms with Gasteiger partial charge in [-0.2, -0.15) is 0 Å². The van der Waals surface area contributed by atoms with Crippen LogP contribution in [-0.2, 0) is 4.79 Å². The summed E-state index contributed by atoms with van der Waals surface area (Å²) in [5.41, 5.74) is 1.50. The molecule has 4 nitrogen and oxygen atoms in total. The van der Waals surface area contributed by atoms with Gasteiger partial charge in [0.05, 0.1) is 19.6 Å². The minimum Gasteiger partial charge on any atom is -0.496 e. The van der Waals surface area contributed by atoms with Crippen LogP contribution in [0.15, 0.2) is 18.2 Å². The van der Waals surface area contributed by atoms with Crippen LogP contribution in [0.4, 0.5) is 0 Å². The summed E-state index contributed by atoms with van der Waals surface area (Å²) in [4.78, 5) is 10.4. The highest BCUT2D eigenvalue weighted by atomic mass is 16.5. The summed E-state index contributed by atoms with van der Waals surface area (Å²) in [5, 5.41) is 18.1. The summed E-state index contributed by atoms with van der Waals surface area (Å²) in [7, 11) is 1.54. The summed E-state index contributed by atoms with van der Waals surface area (Å²) < 4.78 is 5.08. The molecular formula is C11H14O4. The second-order valence-electron chi connectivity index (χ2n) is 3.34. The molecule has 0 heterocycles. The summed E-state index contributed by atoms with van der Waals surface area (Å²) >= 11 is 0. The highest BCUT2D eigenvalue weighted by molar-refractivity contribution is 5.67. The van der Waals surface area contributed by atoms with E-state index >= 15 is 0 Å². The number of aliphatic hydroxyl groups is 1. The third-order valence-electron chi connectivity index (χ3n) is 2.18. The topological polar surface area (TPSA) is 66.8 Å². The SMILES string of the molecule is COc1cc(C(O)CC(=O)O)ccc1C. The second-order valence-corrected chi connectivity index (χ2v) is 3.34. The standard InChI is InChI=1S/C11H14O4/c1-7-3-4-8(5-10(7)15-2)9(12)6-11(13)14/h3-5,9,12H,6H2,1-2H3,(H,13,14). The molecule has 0 aliphatic rings. The molecule has 1 aromatic carbocycles. The molecule has 0 amide bonds. The van der Waals surface area contributed by atoms with Crippen LogP contribution in [0.2, 0.25) is 0 Å². The van der Waals surface area contributed by atoms with Gasteiger partial charge >= 0.3 is 5.97 Å². The number of hydrogen-bond donors (Lipinski definition) is 2. The fourth-order valence-electron chi connectivity index (χ4n) is 1.33. The van der Waals surface area contributed by atoms with Crippen LogP contribution in [0.1, 0.15) is 23.7 Å². The molecule has 1 aromatic rings. The average molecular weight is 210 g/mol. The van der Waals surface area contributed by atoms with Crippen molar-refractivity contribution in [3.05, 3.63) is 29.3 Å². The molecule has 2 N–H and O–H groups in total. The molecule has 0 bridgehead atoms. The van der Waals surface area contributed by atoms with Gasteiger partial charge in [-0.1, -0.05) is 12.1 Å². The van der Waals surface area contributed by atoms with E-state index in [0.29, 0.717) is 11.3 Å². The van der Waals surface area contributed by atoms with Crippen molar-refractivity contribution < 1.29 is 19.7 Å². The first-order chi connectivity index (χ1) is 7.04. The number of hydrogen-bond acceptors (Lipinski definition) is 3. The maximum atomic E-state index is 10.4. The lowest BCUT2D eigenvalue weighted by Crippen LogP contribution is -2.05. The van der Waals surface area contributed by atoms with Gasteiger partial charge in [0.1, 0.15) is 5.75 Å². The van der Waals surface area contributed by atoms with Crippen LogP contribution in [-0.4, -0.2) is 23.3 Å². The third-order valence-corrected chi connectivity index (χ3v) is 2.18. The van der Waals surface area contributed by atoms with Crippen molar-refractivity contribution in [1.29, 1.82) is 0 Å². The van der Waals surface area contributed by atoms with E-state index in [9.17, 15) is 9.90 Å². The molecule has 0 aromatic heterocycles. The van der Waals surface area contributed by atoms with Crippen LogP contribution in [0.5, 0.6) is 5.75 Å². The van der Waals surface area contributed by atoms with Crippen molar-refractivity contribution in [2.75, 3.05) is 7.11 Å². The van der Waals surface area contributed by atoms with Crippen molar-refractivity contribution in [2.45, 2.75) is 19.4 Å². The molecule has 4 heteroatoms. The normalized spacial score (nSPS) is 12.2. The molecule has 0 fully saturated rings. The monoisotopic (exact) mass is 210 g/mol. The Kier molecular flexibility index (Phi) is 3.68. The quantitative estimate of drug-likeness (QED) is 0.790. The van der Waals surface area contributed by atoms with Crippen molar-refractivity contribution in [3.63, 3.8) is 0 Å². The first-order valence-corrected chi connectivity index (χ1v) is 4.59. The van der Waals surface area contributed by atoms with E-state index in [1.54, 1.807) is 18.2 Å². The van der Waals surface area contributed by atoms with E-state index in [1.165, 1.54) is 7.11 Å². The molecule has 82 valence electrons. The van der Waals surface area contributed by atoms with Crippen LogP contribution >= 0.6 is 0 Å². The zero-order valence-corrected chi connectivity index (χ0v) is 8.73. The number of carboxylic acids is 1. The van der Waals surface area contributed by atoms with Gasteiger partial charge < -0.3 is 14.9 Å². The van der Waals surface area contributed by atoms with Crippen molar-refractivity contribution in [3.8, 4) is 5.75 Å². The predicted molar refractivity (Wildman–Crippen MR) is 54.9 cm³/mol. The Morgan fingerprint density at radius 1 is 1.53 bits per heavy atom. The molecule has 0 saturated carbocycles. The third kappa shape index (κ3) is 2.95. The van der Waals surface area contributed by atoms with Crippen LogP contribution in [0, 0.1) is 6.92 Å². The Bertz CT molecular complexity index is 360. The predicted octanol–water partition coefficient (Wildman–Crippen LogP) is 1.51. The number of aryl methyl sites for hydroxylation is 1. The minimum atomic E-state index is -1.03. The number of ether oxygens (including phenoxy) is 1. The molecule has 1 unspecified atom stereocenters. The van der Waals surface area contributed by atoms with Gasteiger partial charge in [-0.05, 0) is 24.1 Å². The Hall–Kier alpha value is -1.55. The molecular weight excluding hydrogens is 196 g/mol. The molecule has 0 aliphatic carbocycles. The van der Waals surface area contributed by atoms with Gasteiger partial charge in [0, 0.05) is 0 Å². The zero-order valence-electron chi connectivity index (χ0n) is 8.73. The number of aliphatic carboxylic acids is 1. The molecule has 1 rings (SSSR count). The smallest absolute Gasteiger partial charge is 0.306 e. The van der Waals surface area contributed by atoms with E-state index in [-0.39, 0.29) is 6.42 Å². The molecule has 1 atom stereocenters. The Balaban J connectivity index is 2.90. The zero-order chi connectivity index (χ0) is 11.4. The van der Waals surface area contributed by atoms with Gasteiger partial charge in [-0.3, -0.25) is 4.79 Å². The van der Waals surface area contributed by atoms with Gasteiger partial charge in [0.2, 0.25) is 0 Å². The number of carbonyl (C=O) groups is 1. The van der Waals surface area contributed by atoms with Crippen molar-refractivity contribution >= 4 is 5.97 Å². The Morgan fingerprint density at radius 2 is 2.20 bits per heavy atom. The van der Waals surface area contributed by atoms with Crippen LogP contribution in [0.25, 0.3) is 0 Å². The minimum absolute atomic E-state index is 0.299. The number of aliphatic hydroxyl groups excluding tert-OH is 1. The fourth-order valence-corrected chi connectivity index (χ4v) is 1.33. The summed E-state index contributed by atoms with van der Waals surface area (Å²) in [6, 6.07) is 5.15. The maximum Gasteiger partial charge on any atom is 0.306 e. The summed E-state index contributed by atoms with van der Waals surface area (Å²) in [6.45, 7) is 1.88. The van der Waals surface area contributed by atoms with Gasteiger partial charge in [-0.15, -0.1) is 0 Å². The van der Waals surface area contributed by atoms with E-state index in [0.717, 1.165) is 5.56 Å². The lowest BCUT2D eigenvalue weighted by Gasteiger charge is -2.11. The first-order valence-electron chi connectivity index (χ1n) is 4.59. The highest BCUT2D eigenvalue weighted by Crippen LogP contribution is 2.24. The van der Waals surface area contributed by atoms with Gasteiger partial charge in [-0.25, -0.2) is 0 Å². The molecule has 0 spiro atoms. The second kappa shape index (κ2) is 4.79. The molecule has 15 heavy (non-hydrogen) atoms. The van der Waals surface area contributed by atoms with E-state index in [2.05, 4.69) is 0 Å². The van der Waals surface area contributed by atoms with E-state index in [4.69, 9.17) is 9.84 Å². The first kappa shape index (κ1) is 11.5. The Morgan fingerprint density at radius 3 is 2.73 bits per heavy atom. The average Bonchev–Trinajstić information content (AvgIpc) is 2.17. The number of benzene rings is 1. The maximum absolute atomic E-state index is 10.4. The van der Waals surface area contributed by atoms with Gasteiger partial charge in [0.25, 0.3) is 0 Å². The summed E-state index contributed by atoms with van der Waals surface area (Å²) in [6.07, 6.45) is -1.29.